The molecule has 0 aromatic carbocycles. The summed E-state index contributed by atoms with van der Waals surface area (Å²) in [6.07, 6.45) is 8.87. The van der Waals surface area contributed by atoms with Crippen molar-refractivity contribution in [2.45, 2.75) is 38.6 Å². The third-order valence-electron chi connectivity index (χ3n) is 3.64. The third kappa shape index (κ3) is 1.61. The number of hydrogen-bond acceptors (Lipinski definition) is 2. The number of rotatable bonds is 1. The summed E-state index contributed by atoms with van der Waals surface area (Å²) in [4.78, 5) is 4.51. The molecule has 0 unspecified atom stereocenters. The van der Waals surface area contributed by atoms with Gasteiger partial charge in [0.2, 0.25) is 0 Å². The van der Waals surface area contributed by atoms with Crippen LogP contribution in [0.4, 0.5) is 0 Å². The fraction of sp³-hybridized carbons (Fsp3) is 0.429. The van der Waals surface area contributed by atoms with Crippen molar-refractivity contribution in [3.05, 3.63) is 29.6 Å². The van der Waals surface area contributed by atoms with Crippen LogP contribution in [0.2, 0.25) is 0 Å². The van der Waals surface area contributed by atoms with Crippen LogP contribution in [0.1, 0.15) is 42.9 Å². The van der Waals surface area contributed by atoms with Gasteiger partial charge in [0.1, 0.15) is 11.7 Å². The SMILES string of the molecule is Cc1cnc2c(c1)c(C#N)cn2C1CCCC1. The molecule has 2 aromatic heterocycles. The Balaban J connectivity index is 2.22. The van der Waals surface area contributed by atoms with Crippen LogP contribution in [-0.4, -0.2) is 9.55 Å². The normalized spacial score (nSPS) is 16.5. The Morgan fingerprint density at radius 3 is 2.88 bits per heavy atom. The highest BCUT2D eigenvalue weighted by atomic mass is 15.1. The van der Waals surface area contributed by atoms with E-state index >= 15 is 0 Å². The number of nitriles is 1. The molecule has 0 radical (unpaired) electrons. The molecule has 0 bridgehead atoms. The van der Waals surface area contributed by atoms with Crippen LogP contribution in [0.15, 0.2) is 18.5 Å². The zero-order chi connectivity index (χ0) is 11.8. The zero-order valence-corrected chi connectivity index (χ0v) is 9.98. The Morgan fingerprint density at radius 1 is 1.41 bits per heavy atom. The second kappa shape index (κ2) is 3.89. The molecule has 1 saturated carbocycles. The molecule has 3 heteroatoms. The van der Waals surface area contributed by atoms with Crippen molar-refractivity contribution in [1.82, 2.24) is 9.55 Å². The maximum absolute atomic E-state index is 9.19. The topological polar surface area (TPSA) is 41.6 Å². The van der Waals surface area contributed by atoms with Crippen molar-refractivity contribution in [3.63, 3.8) is 0 Å². The van der Waals surface area contributed by atoms with E-state index in [4.69, 9.17) is 0 Å². The van der Waals surface area contributed by atoms with Crippen LogP contribution < -0.4 is 0 Å². The van der Waals surface area contributed by atoms with Crippen LogP contribution >= 0.6 is 0 Å². The summed E-state index contributed by atoms with van der Waals surface area (Å²) in [7, 11) is 0. The molecule has 2 heterocycles. The summed E-state index contributed by atoms with van der Waals surface area (Å²) in [5.74, 6) is 0. The lowest BCUT2D eigenvalue weighted by Crippen LogP contribution is -2.03. The molecule has 0 aliphatic heterocycles. The highest BCUT2D eigenvalue weighted by Gasteiger charge is 2.20. The summed E-state index contributed by atoms with van der Waals surface area (Å²) in [5, 5.41) is 10.2. The Kier molecular flexibility index (Phi) is 2.36. The Bertz CT molecular complexity index is 598. The van der Waals surface area contributed by atoms with Crippen LogP contribution in [-0.2, 0) is 0 Å². The van der Waals surface area contributed by atoms with Gasteiger partial charge in [-0.3, -0.25) is 0 Å². The van der Waals surface area contributed by atoms with E-state index < -0.39 is 0 Å². The lowest BCUT2D eigenvalue weighted by atomic mass is 10.2. The van der Waals surface area contributed by atoms with Gasteiger partial charge in [0.05, 0.1) is 5.56 Å². The molecule has 0 atom stereocenters. The van der Waals surface area contributed by atoms with E-state index in [0.717, 1.165) is 22.2 Å². The van der Waals surface area contributed by atoms with Crippen molar-refractivity contribution in [2.75, 3.05) is 0 Å². The summed E-state index contributed by atoms with van der Waals surface area (Å²) >= 11 is 0. The fourth-order valence-corrected chi connectivity index (χ4v) is 2.79. The van der Waals surface area contributed by atoms with Crippen LogP contribution in [0.5, 0.6) is 0 Å². The minimum atomic E-state index is 0.537. The maximum Gasteiger partial charge on any atom is 0.141 e. The highest BCUT2D eigenvalue weighted by molar-refractivity contribution is 5.83. The number of pyridine rings is 1. The van der Waals surface area contributed by atoms with Gasteiger partial charge in [-0.25, -0.2) is 4.98 Å². The predicted molar refractivity (Wildman–Crippen MR) is 66.7 cm³/mol. The number of hydrogen-bond donors (Lipinski definition) is 0. The van der Waals surface area contributed by atoms with E-state index in [9.17, 15) is 5.26 Å². The lowest BCUT2D eigenvalue weighted by molar-refractivity contribution is 0.532. The third-order valence-corrected chi connectivity index (χ3v) is 3.64. The lowest BCUT2D eigenvalue weighted by Gasteiger charge is -2.12. The minimum Gasteiger partial charge on any atom is -0.328 e. The molecule has 1 aliphatic carbocycles. The van der Waals surface area contributed by atoms with Crippen molar-refractivity contribution >= 4 is 11.0 Å². The quantitative estimate of drug-likeness (QED) is 0.747. The summed E-state index contributed by atoms with van der Waals surface area (Å²) in [6, 6.07) is 4.88. The number of nitrogens with zero attached hydrogens (tertiary/aromatic N) is 3. The van der Waals surface area contributed by atoms with Gasteiger partial charge in [-0.2, -0.15) is 5.26 Å². The van der Waals surface area contributed by atoms with Gasteiger partial charge in [-0.1, -0.05) is 12.8 Å². The van der Waals surface area contributed by atoms with E-state index in [1.54, 1.807) is 0 Å². The molecular weight excluding hydrogens is 210 g/mol. The molecule has 1 aliphatic rings. The fourth-order valence-electron chi connectivity index (χ4n) is 2.79. The Labute approximate surface area is 101 Å². The first-order chi connectivity index (χ1) is 8.29. The second-order valence-electron chi connectivity index (χ2n) is 4.88. The Hall–Kier alpha value is -1.82. The van der Waals surface area contributed by atoms with E-state index in [1.165, 1.54) is 25.7 Å². The molecule has 0 amide bonds. The first-order valence-corrected chi connectivity index (χ1v) is 6.17. The van der Waals surface area contributed by atoms with Crippen molar-refractivity contribution in [3.8, 4) is 6.07 Å². The predicted octanol–water partition coefficient (Wildman–Crippen LogP) is 3.33. The number of aromatic nitrogens is 2. The first kappa shape index (κ1) is 10.3. The number of aryl methyl sites for hydroxylation is 1. The number of fused-ring (bicyclic) bond motifs is 1. The van der Waals surface area contributed by atoms with E-state index in [1.807, 2.05) is 19.3 Å². The van der Waals surface area contributed by atoms with Gasteiger partial charge in [0.15, 0.2) is 0 Å². The standard InChI is InChI=1S/C14H15N3/c1-10-6-13-11(7-15)9-17(14(13)16-8-10)12-4-2-3-5-12/h6,8-9,12H,2-5H2,1H3. The smallest absolute Gasteiger partial charge is 0.141 e. The molecular formula is C14H15N3. The van der Waals surface area contributed by atoms with Gasteiger partial charge in [-0.05, 0) is 31.4 Å². The van der Waals surface area contributed by atoms with E-state index in [0.29, 0.717) is 6.04 Å². The monoisotopic (exact) mass is 225 g/mol. The molecule has 86 valence electrons. The summed E-state index contributed by atoms with van der Waals surface area (Å²) in [6.45, 7) is 2.01. The van der Waals surface area contributed by atoms with Gasteiger partial charge in [0.25, 0.3) is 0 Å². The molecule has 0 spiro atoms. The maximum atomic E-state index is 9.19. The van der Waals surface area contributed by atoms with Crippen molar-refractivity contribution in [2.24, 2.45) is 0 Å². The highest BCUT2D eigenvalue weighted by Crippen LogP contribution is 2.33. The largest absolute Gasteiger partial charge is 0.328 e. The summed E-state index contributed by atoms with van der Waals surface area (Å²) in [5.41, 5.74) is 2.83. The minimum absolute atomic E-state index is 0.537. The molecule has 1 fully saturated rings. The average Bonchev–Trinajstić information content (AvgIpc) is 2.94. The average molecular weight is 225 g/mol. The van der Waals surface area contributed by atoms with Crippen molar-refractivity contribution < 1.29 is 0 Å². The summed E-state index contributed by atoms with van der Waals surface area (Å²) < 4.78 is 2.21. The van der Waals surface area contributed by atoms with Gasteiger partial charge in [0, 0.05) is 23.8 Å². The van der Waals surface area contributed by atoms with Crippen molar-refractivity contribution in [1.29, 1.82) is 5.26 Å². The van der Waals surface area contributed by atoms with E-state index in [-0.39, 0.29) is 0 Å². The molecule has 3 rings (SSSR count). The van der Waals surface area contributed by atoms with Crippen LogP contribution in [0.3, 0.4) is 0 Å². The van der Waals surface area contributed by atoms with Gasteiger partial charge >= 0.3 is 0 Å². The molecule has 17 heavy (non-hydrogen) atoms. The molecule has 0 N–H and O–H groups in total. The molecule has 2 aromatic rings. The van der Waals surface area contributed by atoms with E-state index in [2.05, 4.69) is 21.7 Å². The van der Waals surface area contributed by atoms with Gasteiger partial charge < -0.3 is 4.57 Å². The van der Waals surface area contributed by atoms with Crippen LogP contribution in [0, 0.1) is 18.3 Å². The Morgan fingerprint density at radius 2 is 2.18 bits per heavy atom. The van der Waals surface area contributed by atoms with Gasteiger partial charge in [-0.15, -0.1) is 0 Å². The molecule has 0 saturated heterocycles. The zero-order valence-electron chi connectivity index (χ0n) is 9.98. The first-order valence-electron chi connectivity index (χ1n) is 6.17. The van der Waals surface area contributed by atoms with Crippen LogP contribution in [0.25, 0.3) is 11.0 Å². The molecule has 3 nitrogen and oxygen atoms in total. The second-order valence-corrected chi connectivity index (χ2v) is 4.88.